The van der Waals surface area contributed by atoms with Crippen LogP contribution in [-0.4, -0.2) is 24.7 Å². The van der Waals surface area contributed by atoms with Crippen molar-refractivity contribution >= 4 is 23.2 Å². The fraction of sp³-hybridized carbons (Fsp3) is 0.222. The Bertz CT molecular complexity index is 660. The summed E-state index contributed by atoms with van der Waals surface area (Å²) < 4.78 is 5.06. The molecule has 0 radical (unpaired) electrons. The topological polar surface area (TPSA) is 62.4 Å². The second-order valence-corrected chi connectivity index (χ2v) is 5.56. The van der Waals surface area contributed by atoms with Crippen molar-refractivity contribution in [2.24, 2.45) is 0 Å². The van der Waals surface area contributed by atoms with Gasteiger partial charge in [-0.1, -0.05) is 30.3 Å². The molecule has 0 unspecified atom stereocenters. The molecule has 2 rings (SSSR count). The Hall–Kier alpha value is -2.60. The van der Waals surface area contributed by atoms with Crippen LogP contribution in [0.3, 0.4) is 0 Å². The molecule has 1 amide bonds. The van der Waals surface area contributed by atoms with Crippen molar-refractivity contribution in [1.82, 2.24) is 16.2 Å². The highest BCUT2D eigenvalue weighted by Gasteiger charge is 2.05. The zero-order valence-corrected chi connectivity index (χ0v) is 14.4. The van der Waals surface area contributed by atoms with Gasteiger partial charge in [-0.2, -0.15) is 0 Å². The van der Waals surface area contributed by atoms with Crippen LogP contribution in [0.2, 0.25) is 0 Å². The van der Waals surface area contributed by atoms with E-state index in [0.717, 1.165) is 19.4 Å². The number of aryl methyl sites for hydroxylation is 1. The molecule has 0 bridgehead atoms. The molecule has 0 heterocycles. The molecule has 24 heavy (non-hydrogen) atoms. The molecule has 0 aliphatic rings. The number of hydrazine groups is 1. The summed E-state index contributed by atoms with van der Waals surface area (Å²) in [4.78, 5) is 12.0. The Morgan fingerprint density at radius 2 is 1.75 bits per heavy atom. The van der Waals surface area contributed by atoms with Crippen molar-refractivity contribution in [3.05, 3.63) is 65.7 Å². The number of carbonyl (C=O) groups is 1. The molecule has 0 aliphatic carbocycles. The number of amides is 1. The summed E-state index contributed by atoms with van der Waals surface area (Å²) in [7, 11) is 1.58. The Balaban J connectivity index is 1.64. The molecule has 0 spiro atoms. The third-order valence-corrected chi connectivity index (χ3v) is 3.66. The molecule has 0 aliphatic heterocycles. The summed E-state index contributed by atoms with van der Waals surface area (Å²) in [6, 6.07) is 17.1. The van der Waals surface area contributed by atoms with E-state index in [-0.39, 0.29) is 5.91 Å². The number of rotatable bonds is 6. The van der Waals surface area contributed by atoms with Gasteiger partial charge in [-0.15, -0.1) is 0 Å². The largest absolute Gasteiger partial charge is 0.497 e. The summed E-state index contributed by atoms with van der Waals surface area (Å²) in [6.07, 6.45) is 1.94. The number of carbonyl (C=O) groups excluding carboxylic acids is 1. The smallest absolute Gasteiger partial charge is 0.269 e. The van der Waals surface area contributed by atoms with Crippen LogP contribution in [0.1, 0.15) is 22.3 Å². The second kappa shape index (κ2) is 9.52. The van der Waals surface area contributed by atoms with Crippen molar-refractivity contribution < 1.29 is 9.53 Å². The fourth-order valence-corrected chi connectivity index (χ4v) is 2.26. The predicted octanol–water partition coefficient (Wildman–Crippen LogP) is 2.44. The van der Waals surface area contributed by atoms with Gasteiger partial charge in [0.2, 0.25) is 0 Å². The van der Waals surface area contributed by atoms with Crippen molar-refractivity contribution in [3.63, 3.8) is 0 Å². The molecule has 5 nitrogen and oxygen atoms in total. The lowest BCUT2D eigenvalue weighted by atomic mass is 10.1. The quantitative estimate of drug-likeness (QED) is 0.427. The molecule has 6 heteroatoms. The van der Waals surface area contributed by atoms with Crippen molar-refractivity contribution in [2.75, 3.05) is 13.7 Å². The lowest BCUT2D eigenvalue weighted by molar-refractivity contribution is 0.0943. The van der Waals surface area contributed by atoms with Crippen LogP contribution in [-0.2, 0) is 6.42 Å². The Labute approximate surface area is 147 Å². The first kappa shape index (κ1) is 17.7. The number of nitrogens with one attached hydrogen (secondary N) is 3. The van der Waals surface area contributed by atoms with Gasteiger partial charge in [-0.3, -0.25) is 15.6 Å². The normalized spacial score (nSPS) is 9.88. The third kappa shape index (κ3) is 5.89. The standard InChI is InChI=1S/C18H21N3O2S/c1-23-16-11-9-15(10-12-16)17(22)20-21-18(24)19-13-5-8-14-6-3-2-4-7-14/h2-4,6-7,9-12H,5,8,13H2,1H3,(H,20,22)(H2,19,21,24). The van der Waals surface area contributed by atoms with Crippen LogP contribution in [0, 0.1) is 0 Å². The Morgan fingerprint density at radius 1 is 1.04 bits per heavy atom. The van der Waals surface area contributed by atoms with Crippen molar-refractivity contribution in [2.45, 2.75) is 12.8 Å². The average Bonchev–Trinajstić information content (AvgIpc) is 2.64. The van der Waals surface area contributed by atoms with Gasteiger partial charge in [0.25, 0.3) is 5.91 Å². The predicted molar refractivity (Wildman–Crippen MR) is 99.0 cm³/mol. The maximum absolute atomic E-state index is 12.0. The lowest BCUT2D eigenvalue weighted by Crippen LogP contribution is -2.47. The van der Waals surface area contributed by atoms with Crippen LogP contribution in [0.15, 0.2) is 54.6 Å². The van der Waals surface area contributed by atoms with Crippen LogP contribution >= 0.6 is 12.2 Å². The third-order valence-electron chi connectivity index (χ3n) is 3.41. The molecule has 3 N–H and O–H groups in total. The number of hydrogen-bond acceptors (Lipinski definition) is 3. The Morgan fingerprint density at radius 3 is 2.42 bits per heavy atom. The van der Waals surface area contributed by atoms with Gasteiger partial charge >= 0.3 is 0 Å². The summed E-state index contributed by atoms with van der Waals surface area (Å²) >= 11 is 5.14. The van der Waals surface area contributed by atoms with Gasteiger partial charge in [0.15, 0.2) is 5.11 Å². The highest BCUT2D eigenvalue weighted by molar-refractivity contribution is 7.80. The van der Waals surface area contributed by atoms with Crippen LogP contribution in [0.4, 0.5) is 0 Å². The van der Waals surface area contributed by atoms with Gasteiger partial charge in [0, 0.05) is 12.1 Å². The summed E-state index contributed by atoms with van der Waals surface area (Å²) in [5.41, 5.74) is 7.08. The van der Waals surface area contributed by atoms with Crippen LogP contribution < -0.4 is 20.9 Å². The van der Waals surface area contributed by atoms with E-state index in [2.05, 4.69) is 28.3 Å². The number of benzene rings is 2. The molecular formula is C18H21N3O2S. The average molecular weight is 343 g/mol. The van der Waals surface area contributed by atoms with Crippen LogP contribution in [0.5, 0.6) is 5.75 Å². The molecule has 2 aromatic carbocycles. The van der Waals surface area contributed by atoms with E-state index in [4.69, 9.17) is 17.0 Å². The van der Waals surface area contributed by atoms with Crippen molar-refractivity contribution in [3.8, 4) is 5.75 Å². The monoisotopic (exact) mass is 343 g/mol. The van der Waals surface area contributed by atoms with Gasteiger partial charge in [0.05, 0.1) is 7.11 Å². The van der Waals surface area contributed by atoms with E-state index in [1.54, 1.807) is 31.4 Å². The molecule has 0 atom stereocenters. The maximum Gasteiger partial charge on any atom is 0.269 e. The Kier molecular flexibility index (Phi) is 7.04. The zero-order valence-electron chi connectivity index (χ0n) is 13.5. The molecule has 126 valence electrons. The first-order chi connectivity index (χ1) is 11.7. The molecule has 0 saturated heterocycles. The molecule has 0 saturated carbocycles. The molecule has 0 fully saturated rings. The van der Waals surface area contributed by atoms with E-state index >= 15 is 0 Å². The summed E-state index contributed by atoms with van der Waals surface area (Å²) in [5.74, 6) is 0.446. The summed E-state index contributed by atoms with van der Waals surface area (Å²) in [5, 5.41) is 3.46. The van der Waals surface area contributed by atoms with Gasteiger partial charge in [-0.25, -0.2) is 0 Å². The second-order valence-electron chi connectivity index (χ2n) is 5.15. The first-order valence-corrected chi connectivity index (χ1v) is 8.12. The summed E-state index contributed by atoms with van der Waals surface area (Å²) in [6.45, 7) is 0.735. The highest BCUT2D eigenvalue weighted by atomic mass is 32.1. The minimum atomic E-state index is -0.258. The van der Waals surface area contributed by atoms with E-state index in [0.29, 0.717) is 16.4 Å². The lowest BCUT2D eigenvalue weighted by Gasteiger charge is -2.11. The number of thiocarbonyl (C=S) groups is 1. The minimum absolute atomic E-state index is 0.258. The molecular weight excluding hydrogens is 322 g/mol. The fourth-order valence-electron chi connectivity index (χ4n) is 2.11. The minimum Gasteiger partial charge on any atom is -0.497 e. The molecule has 0 aromatic heterocycles. The number of ether oxygens (including phenoxy) is 1. The van der Waals surface area contributed by atoms with Gasteiger partial charge in [0.1, 0.15) is 5.75 Å². The van der Waals surface area contributed by atoms with Crippen molar-refractivity contribution in [1.29, 1.82) is 0 Å². The van der Waals surface area contributed by atoms with E-state index in [1.165, 1.54) is 5.56 Å². The first-order valence-electron chi connectivity index (χ1n) is 7.71. The van der Waals surface area contributed by atoms with Gasteiger partial charge in [-0.05, 0) is 54.9 Å². The highest BCUT2D eigenvalue weighted by Crippen LogP contribution is 2.10. The number of hydrogen-bond donors (Lipinski definition) is 3. The molecule has 2 aromatic rings. The van der Waals surface area contributed by atoms with E-state index in [9.17, 15) is 4.79 Å². The number of methoxy groups -OCH3 is 1. The maximum atomic E-state index is 12.0. The van der Waals surface area contributed by atoms with Crippen LogP contribution in [0.25, 0.3) is 0 Å². The van der Waals surface area contributed by atoms with E-state index in [1.807, 2.05) is 18.2 Å². The van der Waals surface area contributed by atoms with Gasteiger partial charge < -0.3 is 10.1 Å². The van der Waals surface area contributed by atoms with E-state index < -0.39 is 0 Å². The zero-order chi connectivity index (χ0) is 17.2. The SMILES string of the molecule is COc1ccc(C(=O)NNC(=S)NCCCc2ccccc2)cc1.